The normalized spacial score (nSPS) is 22.4. The number of amides is 1. The van der Waals surface area contributed by atoms with E-state index >= 15 is 0 Å². The molecule has 0 saturated carbocycles. The van der Waals surface area contributed by atoms with E-state index in [-0.39, 0.29) is 17.5 Å². The Bertz CT molecular complexity index is 948. The molecule has 1 amide bonds. The number of carbonyl (C=O) groups is 2. The van der Waals surface area contributed by atoms with Crippen molar-refractivity contribution in [3.63, 3.8) is 0 Å². The molecule has 2 aromatic heterocycles. The van der Waals surface area contributed by atoms with E-state index in [1.807, 2.05) is 6.92 Å². The second-order valence-electron chi connectivity index (χ2n) is 6.99. The third-order valence-corrected chi connectivity index (χ3v) is 6.12. The van der Waals surface area contributed by atoms with E-state index in [9.17, 15) is 14.7 Å². The lowest BCUT2D eigenvalue weighted by molar-refractivity contribution is -0.131. The van der Waals surface area contributed by atoms with Gasteiger partial charge >= 0.3 is 0 Å². The number of Topliss-reactive ketones (excluding diaryl/α,β-unsaturated/α-hetero) is 1. The minimum atomic E-state index is -0.743. The van der Waals surface area contributed by atoms with Crippen LogP contribution in [0, 0.1) is 13.8 Å². The summed E-state index contributed by atoms with van der Waals surface area (Å²) in [6.07, 6.45) is 3.29. The highest BCUT2D eigenvalue weighted by molar-refractivity contribution is 7.14. The van der Waals surface area contributed by atoms with Crippen molar-refractivity contribution in [2.24, 2.45) is 0 Å². The van der Waals surface area contributed by atoms with Crippen molar-refractivity contribution in [3.05, 3.63) is 57.0 Å². The lowest BCUT2D eigenvalue weighted by Crippen LogP contribution is -2.37. The molecular weight excluding hydrogens is 378 g/mol. The van der Waals surface area contributed by atoms with E-state index in [0.717, 1.165) is 17.8 Å². The van der Waals surface area contributed by atoms with Gasteiger partial charge in [-0.15, -0.1) is 11.3 Å². The average Bonchev–Trinajstić information content (AvgIpc) is 3.37. The number of hydrogen-bond acceptors (Lipinski definition) is 7. The van der Waals surface area contributed by atoms with Crippen LogP contribution in [-0.2, 0) is 9.53 Å². The highest BCUT2D eigenvalue weighted by atomic mass is 32.1. The van der Waals surface area contributed by atoms with Crippen LogP contribution in [0.15, 0.2) is 35.7 Å². The Morgan fingerprint density at radius 3 is 2.82 bits per heavy atom. The zero-order valence-corrected chi connectivity index (χ0v) is 16.5. The number of aliphatic hydroxyl groups is 1. The van der Waals surface area contributed by atoms with Crippen LogP contribution >= 0.6 is 11.3 Å². The summed E-state index contributed by atoms with van der Waals surface area (Å²) in [5.41, 5.74) is 1.20. The van der Waals surface area contributed by atoms with Crippen molar-refractivity contribution in [1.29, 1.82) is 0 Å². The monoisotopic (exact) mass is 399 g/mol. The van der Waals surface area contributed by atoms with Crippen molar-refractivity contribution < 1.29 is 19.4 Å². The fourth-order valence-corrected chi connectivity index (χ4v) is 4.67. The fraction of sp³-hybridized carbons (Fsp3) is 0.400. The highest BCUT2D eigenvalue weighted by Crippen LogP contribution is 2.39. The van der Waals surface area contributed by atoms with Gasteiger partial charge in [-0.25, -0.2) is 4.98 Å². The zero-order valence-electron chi connectivity index (χ0n) is 15.7. The molecule has 146 valence electrons. The smallest absolute Gasteiger partial charge is 0.290 e. The Morgan fingerprint density at radius 2 is 2.21 bits per heavy atom. The molecule has 2 aliphatic heterocycles. The highest BCUT2D eigenvalue weighted by Gasteiger charge is 2.46. The van der Waals surface area contributed by atoms with E-state index in [1.165, 1.54) is 16.2 Å². The summed E-state index contributed by atoms with van der Waals surface area (Å²) >= 11 is 1.26. The number of aliphatic hydroxyl groups excluding tert-OH is 1. The second kappa shape index (κ2) is 7.44. The molecule has 2 atom stereocenters. The summed E-state index contributed by atoms with van der Waals surface area (Å²) in [7, 11) is 0. The maximum atomic E-state index is 13.3. The van der Waals surface area contributed by atoms with Gasteiger partial charge in [0.15, 0.2) is 5.76 Å². The summed E-state index contributed by atoms with van der Waals surface area (Å²) < 4.78 is 5.68. The van der Waals surface area contributed by atoms with Crippen molar-refractivity contribution in [2.45, 2.75) is 38.8 Å². The molecule has 0 radical (unpaired) electrons. The summed E-state index contributed by atoms with van der Waals surface area (Å²) in [6.45, 7) is 4.54. The van der Waals surface area contributed by atoms with Gasteiger partial charge in [-0.2, -0.15) is 0 Å². The number of hydrogen-bond donors (Lipinski definition) is 1. The molecule has 2 aromatic rings. The molecular formula is C20H21N3O4S. The number of aromatic nitrogens is 2. The van der Waals surface area contributed by atoms with Crippen LogP contribution < -0.4 is 0 Å². The summed E-state index contributed by atoms with van der Waals surface area (Å²) in [4.78, 5) is 36.8. The molecule has 0 aromatic carbocycles. The second-order valence-corrected chi connectivity index (χ2v) is 8.19. The first-order valence-electron chi connectivity index (χ1n) is 9.22. The minimum Gasteiger partial charge on any atom is -0.503 e. The molecule has 1 saturated heterocycles. The van der Waals surface area contributed by atoms with Gasteiger partial charge in [-0.3, -0.25) is 14.6 Å². The molecule has 0 aliphatic carbocycles. The van der Waals surface area contributed by atoms with Gasteiger partial charge in [-0.05, 0) is 38.8 Å². The molecule has 1 fully saturated rings. The Balaban J connectivity index is 1.76. The van der Waals surface area contributed by atoms with Crippen molar-refractivity contribution >= 4 is 23.0 Å². The number of carbonyl (C=O) groups excluding carboxylic acids is 2. The standard InChI is InChI=1S/C20H21N3O4S/c1-11-19(28-12(2)22-11)17(24)15-16(14-7-3-4-8-21-14)23(20(26)18(15)25)10-13-6-5-9-27-13/h3-4,7-8,13,16,25H,5-6,9-10H2,1-2H3. The molecule has 1 N–H and O–H groups in total. The van der Waals surface area contributed by atoms with Gasteiger partial charge in [0.25, 0.3) is 5.91 Å². The van der Waals surface area contributed by atoms with Crippen molar-refractivity contribution in [1.82, 2.24) is 14.9 Å². The van der Waals surface area contributed by atoms with Crippen molar-refractivity contribution in [2.75, 3.05) is 13.2 Å². The number of thiazole rings is 1. The molecule has 8 heteroatoms. The number of pyridine rings is 1. The molecule has 0 spiro atoms. The first-order valence-corrected chi connectivity index (χ1v) is 10.0. The van der Waals surface area contributed by atoms with Gasteiger partial charge < -0.3 is 14.7 Å². The summed E-state index contributed by atoms with van der Waals surface area (Å²) in [5, 5.41) is 11.4. The van der Waals surface area contributed by atoms with E-state index in [0.29, 0.717) is 29.4 Å². The zero-order chi connectivity index (χ0) is 19.8. The quantitative estimate of drug-likeness (QED) is 0.777. The summed E-state index contributed by atoms with van der Waals surface area (Å²) in [5.74, 6) is -1.45. The molecule has 2 unspecified atom stereocenters. The topological polar surface area (TPSA) is 92.6 Å². The number of aryl methyl sites for hydroxylation is 2. The first-order chi connectivity index (χ1) is 13.5. The predicted molar refractivity (Wildman–Crippen MR) is 103 cm³/mol. The number of nitrogens with zero attached hydrogens (tertiary/aromatic N) is 3. The van der Waals surface area contributed by atoms with Crippen LogP contribution in [0.4, 0.5) is 0 Å². The minimum absolute atomic E-state index is 0.0634. The number of ether oxygens (including phenoxy) is 1. The van der Waals surface area contributed by atoms with E-state index in [1.54, 1.807) is 31.3 Å². The van der Waals surface area contributed by atoms with Crippen LogP contribution in [0.25, 0.3) is 0 Å². The molecule has 4 rings (SSSR count). The van der Waals surface area contributed by atoms with Crippen LogP contribution in [-0.4, -0.2) is 50.9 Å². The van der Waals surface area contributed by atoms with E-state index in [4.69, 9.17) is 4.74 Å². The Labute approximate surface area is 166 Å². The van der Waals surface area contributed by atoms with Gasteiger partial charge in [-0.1, -0.05) is 6.07 Å². The Kier molecular flexibility index (Phi) is 4.99. The van der Waals surface area contributed by atoms with Crippen LogP contribution in [0.2, 0.25) is 0 Å². The fourth-order valence-electron chi connectivity index (χ4n) is 3.79. The van der Waals surface area contributed by atoms with Gasteiger partial charge in [0, 0.05) is 19.3 Å². The van der Waals surface area contributed by atoms with Gasteiger partial charge in [0.05, 0.1) is 32.9 Å². The number of rotatable bonds is 5. The third kappa shape index (κ3) is 3.22. The van der Waals surface area contributed by atoms with Gasteiger partial charge in [0.1, 0.15) is 6.04 Å². The lowest BCUT2D eigenvalue weighted by atomic mass is 9.98. The van der Waals surface area contributed by atoms with Gasteiger partial charge in [0.2, 0.25) is 5.78 Å². The predicted octanol–water partition coefficient (Wildman–Crippen LogP) is 2.91. The van der Waals surface area contributed by atoms with Crippen LogP contribution in [0.3, 0.4) is 0 Å². The van der Waals surface area contributed by atoms with Crippen LogP contribution in [0.1, 0.15) is 45.0 Å². The lowest BCUT2D eigenvalue weighted by Gasteiger charge is -2.28. The summed E-state index contributed by atoms with van der Waals surface area (Å²) in [6, 6.07) is 4.59. The Hall–Kier alpha value is -2.58. The molecule has 28 heavy (non-hydrogen) atoms. The third-order valence-electron chi connectivity index (χ3n) is 5.05. The maximum Gasteiger partial charge on any atom is 0.290 e. The SMILES string of the molecule is Cc1nc(C)c(C(=O)C2=C(O)C(=O)N(CC3CCCO3)C2c2ccccn2)s1. The largest absolute Gasteiger partial charge is 0.503 e. The average molecular weight is 399 g/mol. The number of ketones is 1. The van der Waals surface area contributed by atoms with Crippen molar-refractivity contribution in [3.8, 4) is 0 Å². The molecule has 0 bridgehead atoms. The maximum absolute atomic E-state index is 13.3. The van der Waals surface area contributed by atoms with E-state index < -0.39 is 17.7 Å². The molecule has 7 nitrogen and oxygen atoms in total. The molecule has 4 heterocycles. The molecule has 2 aliphatic rings. The van der Waals surface area contributed by atoms with E-state index in [2.05, 4.69) is 9.97 Å². The first kappa shape index (κ1) is 18.8. The van der Waals surface area contributed by atoms with Crippen LogP contribution in [0.5, 0.6) is 0 Å². The Morgan fingerprint density at radius 1 is 1.39 bits per heavy atom.